The van der Waals surface area contributed by atoms with Gasteiger partial charge < -0.3 is 28.6 Å². The highest BCUT2D eigenvalue weighted by Crippen LogP contribution is 2.51. The van der Waals surface area contributed by atoms with Crippen molar-refractivity contribution in [2.75, 3.05) is 59.0 Å². The first-order valence-electron chi connectivity index (χ1n) is 25.1. The lowest BCUT2D eigenvalue weighted by Crippen LogP contribution is -2.52. The number of rotatable bonds is 24. The van der Waals surface area contributed by atoms with E-state index in [2.05, 4.69) is 24.3 Å². The monoisotopic (exact) mass is 1030 g/mol. The number of ether oxygens (including phenoxy) is 5. The molecule has 3 rings (SSSR count). The zero-order valence-electron chi connectivity index (χ0n) is 45.9. The Morgan fingerprint density at radius 2 is 0.889 bits per heavy atom. The summed E-state index contributed by atoms with van der Waals surface area (Å²) in [5, 5.41) is 0. The lowest BCUT2D eigenvalue weighted by atomic mass is 9.65. The van der Waals surface area contributed by atoms with Crippen LogP contribution < -0.4 is 0 Å². The molecule has 17 nitrogen and oxygen atoms in total. The zero-order chi connectivity index (χ0) is 54.3. The summed E-state index contributed by atoms with van der Waals surface area (Å²) in [5.74, 6) is -3.09. The highest BCUT2D eigenvalue weighted by Gasteiger charge is 2.41. The number of carbonyl (C=O) groups excluding carboxylic acids is 5. The van der Waals surface area contributed by atoms with Crippen LogP contribution in [0, 0.1) is 0 Å². The number of phosphoric ester groups is 1. The van der Waals surface area contributed by atoms with Gasteiger partial charge in [-0.15, -0.1) is 0 Å². The molecule has 1 saturated carbocycles. The van der Waals surface area contributed by atoms with E-state index in [-0.39, 0.29) is 51.1 Å². The average Bonchev–Trinajstić information content (AvgIpc) is 3.19. The lowest BCUT2D eigenvalue weighted by Gasteiger charge is -2.41. The van der Waals surface area contributed by atoms with E-state index in [4.69, 9.17) is 32.7 Å². The van der Waals surface area contributed by atoms with Crippen molar-refractivity contribution in [1.82, 2.24) is 14.7 Å². The quantitative estimate of drug-likeness (QED) is 0.0597. The Bertz CT molecular complexity index is 1990. The van der Waals surface area contributed by atoms with Gasteiger partial charge in [-0.05, 0) is 147 Å². The maximum absolute atomic E-state index is 14.1. The van der Waals surface area contributed by atoms with E-state index >= 15 is 0 Å². The molecule has 0 bridgehead atoms. The molecule has 1 N–H and O–H groups in total. The molecule has 0 radical (unpaired) electrons. The number of hydrogen-bond acceptors (Lipinski definition) is 16. The summed E-state index contributed by atoms with van der Waals surface area (Å²) in [4.78, 5) is 83.2. The van der Waals surface area contributed by atoms with E-state index in [0.717, 1.165) is 11.1 Å². The normalized spacial score (nSPS) is 16.2. The Morgan fingerprint density at radius 3 is 1.25 bits per heavy atom. The number of hydrogen-bond donors (Lipinski definition) is 1. The third kappa shape index (κ3) is 24.7. The minimum atomic E-state index is -4.83. The highest BCUT2D eigenvalue weighted by atomic mass is 31.2. The second kappa shape index (κ2) is 26.3. The number of phosphoric acid groups is 1. The summed E-state index contributed by atoms with van der Waals surface area (Å²) in [6.45, 7) is 23.8. The summed E-state index contributed by atoms with van der Waals surface area (Å²) in [6, 6.07) is 19.3. The highest BCUT2D eigenvalue weighted by molar-refractivity contribution is 7.47. The van der Waals surface area contributed by atoms with Crippen molar-refractivity contribution in [2.24, 2.45) is 0 Å². The maximum atomic E-state index is 14.1. The Balaban J connectivity index is 2.00. The molecule has 72 heavy (non-hydrogen) atoms. The van der Waals surface area contributed by atoms with Gasteiger partial charge in [-0.3, -0.25) is 47.7 Å². The Labute approximate surface area is 429 Å². The Hall–Kier alpha value is -4.22. The lowest BCUT2D eigenvalue weighted by molar-refractivity contribution is -0.164. The summed E-state index contributed by atoms with van der Waals surface area (Å²) in [5.41, 5.74) is -2.27. The van der Waals surface area contributed by atoms with Gasteiger partial charge in [0.05, 0.1) is 45.4 Å². The molecule has 0 spiro atoms. The van der Waals surface area contributed by atoms with Crippen LogP contribution in [0.3, 0.4) is 0 Å². The predicted molar refractivity (Wildman–Crippen MR) is 275 cm³/mol. The number of benzene rings is 2. The molecular weight excluding hydrogens is 946 g/mol. The van der Waals surface area contributed by atoms with E-state index in [9.17, 15) is 33.4 Å². The van der Waals surface area contributed by atoms with E-state index in [1.54, 1.807) is 114 Å². The van der Waals surface area contributed by atoms with E-state index in [1.807, 2.05) is 36.4 Å². The fraction of sp³-hybridized carbons (Fsp3) is 0.685. The van der Waals surface area contributed by atoms with Crippen LogP contribution in [0.15, 0.2) is 60.7 Å². The molecule has 2 unspecified atom stereocenters. The molecule has 1 aliphatic rings. The van der Waals surface area contributed by atoms with E-state index in [0.29, 0.717) is 25.7 Å². The standard InChI is InChI=1S/C54H86N3O14P/c1-49(2,3)66-44(58)34-55(31-22-32-56(35-45(59)67-50(4,5)6)36-46(60)68-51(7,8)9)33-42(57(37-47(61)69-52(10,11)12)38-48(62)70-53(13,14)15)39-65-72(63,64)71-43-27-29-54(30-28-43,40-23-18-16-19-24-40)41-25-20-17-21-26-41/h16-21,23-26,42-43H,22,27-39H2,1-15H3,(H,63,64). The molecule has 1 aliphatic carbocycles. The van der Waals surface area contributed by atoms with Crippen molar-refractivity contribution in [2.45, 2.75) is 182 Å². The maximum Gasteiger partial charge on any atom is 0.472 e. The Morgan fingerprint density at radius 1 is 0.556 bits per heavy atom. The van der Waals surface area contributed by atoms with Crippen LogP contribution in [0.5, 0.6) is 0 Å². The summed E-state index contributed by atoms with van der Waals surface area (Å²) >= 11 is 0. The molecule has 2 atom stereocenters. The van der Waals surface area contributed by atoms with Gasteiger partial charge in [-0.2, -0.15) is 0 Å². The SMILES string of the molecule is CC(C)(C)OC(=O)CN(CCCN(CC(=O)OC(C)(C)C)CC(COP(=O)(O)OC1CCC(c2ccccc2)(c2ccccc2)CC1)N(CC(=O)OC(C)(C)C)CC(=O)OC(C)(C)C)CC(=O)OC(C)(C)C. The molecule has 1 fully saturated rings. The first-order valence-corrected chi connectivity index (χ1v) is 26.5. The van der Waals surface area contributed by atoms with Crippen LogP contribution in [0.25, 0.3) is 0 Å². The van der Waals surface area contributed by atoms with Crippen LogP contribution in [0.4, 0.5) is 0 Å². The molecule has 18 heteroatoms. The molecule has 0 amide bonds. The van der Waals surface area contributed by atoms with Crippen molar-refractivity contribution >= 4 is 37.7 Å². The first-order chi connectivity index (χ1) is 33.0. The Kier molecular flexibility index (Phi) is 22.7. The van der Waals surface area contributed by atoms with E-state index in [1.165, 1.54) is 4.90 Å². The van der Waals surface area contributed by atoms with Gasteiger partial charge in [0.1, 0.15) is 28.0 Å². The topological polar surface area (TPSA) is 197 Å². The summed E-state index contributed by atoms with van der Waals surface area (Å²) < 4.78 is 54.1. The third-order valence-electron chi connectivity index (χ3n) is 10.9. The zero-order valence-corrected chi connectivity index (χ0v) is 46.8. The van der Waals surface area contributed by atoms with Gasteiger partial charge in [0.25, 0.3) is 0 Å². The van der Waals surface area contributed by atoms with Crippen molar-refractivity contribution in [3.8, 4) is 0 Å². The van der Waals surface area contributed by atoms with Crippen molar-refractivity contribution in [3.63, 3.8) is 0 Å². The first kappa shape index (κ1) is 62.1. The minimum absolute atomic E-state index is 0.122. The van der Waals surface area contributed by atoms with Gasteiger partial charge in [-0.25, -0.2) is 4.57 Å². The molecular formula is C54H86N3O14P. The fourth-order valence-electron chi connectivity index (χ4n) is 8.45. The van der Waals surface area contributed by atoms with Crippen LogP contribution in [0.1, 0.15) is 147 Å². The van der Waals surface area contributed by atoms with Crippen LogP contribution >= 0.6 is 7.82 Å². The van der Waals surface area contributed by atoms with Gasteiger partial charge in [0, 0.05) is 31.1 Å². The number of carbonyl (C=O) groups is 5. The second-order valence-corrected chi connectivity index (χ2v) is 25.1. The van der Waals surface area contributed by atoms with Gasteiger partial charge in [0.15, 0.2) is 0 Å². The van der Waals surface area contributed by atoms with Crippen molar-refractivity contribution < 1.29 is 66.2 Å². The largest absolute Gasteiger partial charge is 0.472 e. The fourth-order valence-corrected chi connectivity index (χ4v) is 9.46. The molecule has 2 aromatic carbocycles. The minimum Gasteiger partial charge on any atom is -0.459 e. The summed E-state index contributed by atoms with van der Waals surface area (Å²) in [6.07, 6.45) is 1.82. The molecule has 0 aliphatic heterocycles. The number of nitrogens with zero attached hydrogens (tertiary/aromatic N) is 3. The van der Waals surface area contributed by atoms with Crippen LogP contribution in [-0.4, -0.2) is 149 Å². The molecule has 406 valence electrons. The van der Waals surface area contributed by atoms with Gasteiger partial charge >= 0.3 is 37.7 Å². The van der Waals surface area contributed by atoms with Crippen LogP contribution in [0.2, 0.25) is 0 Å². The van der Waals surface area contributed by atoms with Gasteiger partial charge in [0.2, 0.25) is 0 Å². The second-order valence-electron chi connectivity index (χ2n) is 23.7. The van der Waals surface area contributed by atoms with E-state index < -0.39 is 97.5 Å². The van der Waals surface area contributed by atoms with Crippen LogP contribution in [-0.2, 0) is 66.7 Å². The van der Waals surface area contributed by atoms with Crippen molar-refractivity contribution in [3.05, 3.63) is 71.8 Å². The predicted octanol–water partition coefficient (Wildman–Crippen LogP) is 8.42. The number of esters is 5. The summed E-state index contributed by atoms with van der Waals surface area (Å²) in [7, 11) is -4.83. The molecule has 0 saturated heterocycles. The third-order valence-corrected chi connectivity index (χ3v) is 11.9. The van der Waals surface area contributed by atoms with Gasteiger partial charge in [-0.1, -0.05) is 60.7 Å². The van der Waals surface area contributed by atoms with Crippen molar-refractivity contribution in [1.29, 1.82) is 0 Å². The molecule has 0 heterocycles. The average molecular weight is 1030 g/mol. The molecule has 2 aromatic rings. The molecule has 0 aromatic heterocycles. The smallest absolute Gasteiger partial charge is 0.459 e.